The monoisotopic (exact) mass is 453 g/mol. The Morgan fingerprint density at radius 3 is 2.74 bits per heavy atom. The lowest BCUT2D eigenvalue weighted by molar-refractivity contribution is 0.0595. The number of hydrogen-bond acceptors (Lipinski definition) is 5. The quantitative estimate of drug-likeness (QED) is 0.270. The van der Waals surface area contributed by atoms with E-state index in [1.807, 2.05) is 55.6 Å². The Kier molecular flexibility index (Phi) is 5.47. The van der Waals surface area contributed by atoms with Gasteiger partial charge in [0, 0.05) is 40.3 Å². The summed E-state index contributed by atoms with van der Waals surface area (Å²) in [5.74, 6) is -0.593. The lowest BCUT2D eigenvalue weighted by Gasteiger charge is -2.12. The van der Waals surface area contributed by atoms with E-state index in [1.165, 1.54) is 7.11 Å². The number of hydrogen-bond donors (Lipinski definition) is 4. The summed E-state index contributed by atoms with van der Waals surface area (Å²) in [6, 6.07) is 17.0. The molecule has 0 aliphatic rings. The molecule has 170 valence electrons. The largest absolute Gasteiger partial charge is 0.464 e. The number of amides is 1. The van der Waals surface area contributed by atoms with Crippen LogP contribution in [0.4, 0.5) is 11.4 Å². The Morgan fingerprint density at radius 1 is 1.00 bits per heavy atom. The third kappa shape index (κ3) is 4.21. The second-order valence-electron chi connectivity index (χ2n) is 8.07. The van der Waals surface area contributed by atoms with E-state index in [-0.39, 0.29) is 5.91 Å². The minimum atomic E-state index is -0.435. The summed E-state index contributed by atoms with van der Waals surface area (Å²) < 4.78 is 4.75. The van der Waals surface area contributed by atoms with Gasteiger partial charge in [0.05, 0.1) is 19.0 Å². The van der Waals surface area contributed by atoms with Crippen LogP contribution in [0.5, 0.6) is 0 Å². The highest BCUT2D eigenvalue weighted by atomic mass is 16.5. The molecule has 0 atom stereocenters. The minimum absolute atomic E-state index is 0.158. The van der Waals surface area contributed by atoms with Gasteiger partial charge in [0.1, 0.15) is 11.3 Å². The molecule has 3 aromatic heterocycles. The number of esters is 1. The highest BCUT2D eigenvalue weighted by Gasteiger charge is 2.11. The van der Waals surface area contributed by atoms with E-state index in [2.05, 4.69) is 25.6 Å². The van der Waals surface area contributed by atoms with Gasteiger partial charge in [0.25, 0.3) is 5.91 Å². The van der Waals surface area contributed by atoms with Crippen molar-refractivity contribution in [2.45, 2.75) is 13.5 Å². The number of carbonyl (C=O) groups excluding carboxylic acids is 2. The number of H-pyrrole nitrogens is 2. The number of nitrogens with one attached hydrogen (secondary N) is 4. The van der Waals surface area contributed by atoms with E-state index in [0.717, 1.165) is 38.8 Å². The number of aryl methyl sites for hydroxylation is 1. The first-order valence-electron chi connectivity index (χ1n) is 10.8. The maximum absolute atomic E-state index is 12.8. The zero-order valence-corrected chi connectivity index (χ0v) is 18.7. The van der Waals surface area contributed by atoms with Crippen molar-refractivity contribution in [1.82, 2.24) is 15.0 Å². The highest BCUT2D eigenvalue weighted by Crippen LogP contribution is 2.22. The Balaban J connectivity index is 1.29. The summed E-state index contributed by atoms with van der Waals surface area (Å²) in [4.78, 5) is 35.0. The molecule has 0 spiro atoms. The summed E-state index contributed by atoms with van der Waals surface area (Å²) in [6.45, 7) is 2.57. The van der Waals surface area contributed by atoms with Crippen LogP contribution in [-0.2, 0) is 11.3 Å². The number of aromatic nitrogens is 3. The van der Waals surface area contributed by atoms with Gasteiger partial charge in [-0.2, -0.15) is 0 Å². The van der Waals surface area contributed by atoms with Gasteiger partial charge >= 0.3 is 5.97 Å². The smallest absolute Gasteiger partial charge is 0.354 e. The average molecular weight is 454 g/mol. The van der Waals surface area contributed by atoms with Gasteiger partial charge in [-0.25, -0.2) is 9.78 Å². The first kappa shape index (κ1) is 21.3. The van der Waals surface area contributed by atoms with Gasteiger partial charge in [0.2, 0.25) is 0 Å². The number of aromatic amines is 2. The lowest BCUT2D eigenvalue weighted by atomic mass is 10.1. The number of nitrogens with zero attached hydrogens (tertiary/aromatic N) is 1. The Bertz CT molecular complexity index is 1530. The van der Waals surface area contributed by atoms with E-state index >= 15 is 0 Å². The van der Waals surface area contributed by atoms with Crippen LogP contribution in [0.25, 0.3) is 21.9 Å². The third-order valence-electron chi connectivity index (χ3n) is 5.78. The molecule has 0 saturated heterocycles. The first-order chi connectivity index (χ1) is 16.5. The molecule has 0 radical (unpaired) electrons. The fourth-order valence-electron chi connectivity index (χ4n) is 3.87. The number of pyridine rings is 1. The van der Waals surface area contributed by atoms with E-state index in [1.54, 1.807) is 18.3 Å². The maximum atomic E-state index is 12.8. The second-order valence-corrected chi connectivity index (χ2v) is 8.07. The molecule has 5 aromatic rings. The SMILES string of the molecule is COC(=O)c1cc2cc(NCc3cc(NC(=O)c4ccc5[nH]ccc5c4)ccc3C)cnc2[nH]1. The van der Waals surface area contributed by atoms with Crippen molar-refractivity contribution >= 4 is 45.2 Å². The summed E-state index contributed by atoms with van der Waals surface area (Å²) in [7, 11) is 1.34. The number of ether oxygens (including phenoxy) is 1. The third-order valence-corrected chi connectivity index (χ3v) is 5.78. The summed E-state index contributed by atoms with van der Waals surface area (Å²) in [6.07, 6.45) is 3.56. The summed E-state index contributed by atoms with van der Waals surface area (Å²) in [5.41, 5.74) is 6.26. The van der Waals surface area contributed by atoms with Gasteiger partial charge in [-0.1, -0.05) is 6.07 Å². The van der Waals surface area contributed by atoms with E-state index < -0.39 is 5.97 Å². The maximum Gasteiger partial charge on any atom is 0.354 e. The fourth-order valence-corrected chi connectivity index (χ4v) is 3.87. The van der Waals surface area contributed by atoms with E-state index in [4.69, 9.17) is 4.74 Å². The van der Waals surface area contributed by atoms with Crippen molar-refractivity contribution in [3.05, 3.63) is 89.4 Å². The van der Waals surface area contributed by atoms with Crippen molar-refractivity contribution in [3.8, 4) is 0 Å². The fraction of sp³-hybridized carbons (Fsp3) is 0.115. The molecular weight excluding hydrogens is 430 g/mol. The van der Waals surface area contributed by atoms with Crippen LogP contribution >= 0.6 is 0 Å². The van der Waals surface area contributed by atoms with Crippen LogP contribution in [0.3, 0.4) is 0 Å². The molecule has 0 fully saturated rings. The van der Waals surface area contributed by atoms with E-state index in [9.17, 15) is 9.59 Å². The Morgan fingerprint density at radius 2 is 1.88 bits per heavy atom. The zero-order valence-electron chi connectivity index (χ0n) is 18.7. The summed E-state index contributed by atoms with van der Waals surface area (Å²) in [5, 5.41) is 8.16. The van der Waals surface area contributed by atoms with E-state index in [0.29, 0.717) is 23.4 Å². The first-order valence-corrected chi connectivity index (χ1v) is 10.8. The number of rotatable bonds is 6. The zero-order chi connectivity index (χ0) is 23.7. The average Bonchev–Trinajstić information content (AvgIpc) is 3.49. The normalized spacial score (nSPS) is 11.0. The van der Waals surface area contributed by atoms with Crippen LogP contribution in [0, 0.1) is 6.92 Å². The predicted molar refractivity (Wildman–Crippen MR) is 132 cm³/mol. The van der Waals surface area contributed by atoms with Crippen molar-refractivity contribution < 1.29 is 14.3 Å². The van der Waals surface area contributed by atoms with Crippen LogP contribution in [-0.4, -0.2) is 33.9 Å². The molecule has 0 unspecified atom stereocenters. The summed E-state index contributed by atoms with van der Waals surface area (Å²) >= 11 is 0. The predicted octanol–water partition coefficient (Wildman–Crippen LogP) is 5.00. The molecule has 3 heterocycles. The lowest BCUT2D eigenvalue weighted by Crippen LogP contribution is -2.12. The standard InChI is InChI=1S/C26H23N5O3/c1-15-3-5-20(30-25(32)17-4-6-22-16(9-17)7-8-27-22)11-19(15)13-28-21-10-18-12-23(26(33)34-2)31-24(18)29-14-21/h3-12,14,27-28H,13H2,1-2H3,(H,29,31)(H,30,32). The van der Waals surface area contributed by atoms with Gasteiger partial charge in [-0.3, -0.25) is 4.79 Å². The van der Waals surface area contributed by atoms with Crippen molar-refractivity contribution in [1.29, 1.82) is 0 Å². The number of benzene rings is 2. The van der Waals surface area contributed by atoms with Crippen LogP contribution in [0.1, 0.15) is 32.0 Å². The Hall–Kier alpha value is -4.59. The highest BCUT2D eigenvalue weighted by molar-refractivity contribution is 6.06. The molecule has 5 rings (SSSR count). The Labute approximate surface area is 195 Å². The van der Waals surface area contributed by atoms with Gasteiger partial charge in [-0.05, 0) is 66.6 Å². The molecule has 34 heavy (non-hydrogen) atoms. The van der Waals surface area contributed by atoms with Gasteiger partial charge < -0.3 is 25.3 Å². The molecule has 8 heteroatoms. The van der Waals surface area contributed by atoms with Gasteiger partial charge in [-0.15, -0.1) is 0 Å². The minimum Gasteiger partial charge on any atom is -0.464 e. The molecule has 1 amide bonds. The topological polar surface area (TPSA) is 112 Å². The number of fused-ring (bicyclic) bond motifs is 2. The molecule has 8 nitrogen and oxygen atoms in total. The van der Waals surface area contributed by atoms with Crippen LogP contribution < -0.4 is 10.6 Å². The second kappa shape index (κ2) is 8.74. The molecule has 0 aliphatic carbocycles. The molecule has 0 aliphatic heterocycles. The molecule has 2 aromatic carbocycles. The van der Waals surface area contributed by atoms with Crippen LogP contribution in [0.15, 0.2) is 67.0 Å². The number of anilines is 2. The molecular formula is C26H23N5O3. The molecule has 0 saturated carbocycles. The molecule has 4 N–H and O–H groups in total. The number of carbonyl (C=O) groups is 2. The molecule has 0 bridgehead atoms. The van der Waals surface area contributed by atoms with Crippen molar-refractivity contribution in [3.63, 3.8) is 0 Å². The van der Waals surface area contributed by atoms with Crippen LogP contribution in [0.2, 0.25) is 0 Å². The van der Waals surface area contributed by atoms with Gasteiger partial charge in [0.15, 0.2) is 0 Å². The van der Waals surface area contributed by atoms with Crippen molar-refractivity contribution in [2.75, 3.05) is 17.7 Å². The van der Waals surface area contributed by atoms with Crippen molar-refractivity contribution in [2.24, 2.45) is 0 Å². The number of methoxy groups -OCH3 is 1.